The molecule has 0 spiro atoms. The van der Waals surface area contributed by atoms with Crippen LogP contribution < -0.4 is 5.32 Å². The standard InChI is InChI=1S/C16H26N2/c1-3-16(15-8-5-4-6-9-15)18-12-7-11-17-14(2)10-13-18/h4-6,8-9,14,16-17H,3,7,10-13H2,1-2H3. The van der Waals surface area contributed by atoms with Gasteiger partial charge in [-0.2, -0.15) is 0 Å². The van der Waals surface area contributed by atoms with Crippen LogP contribution in [0, 0.1) is 0 Å². The fourth-order valence-electron chi connectivity index (χ4n) is 2.90. The van der Waals surface area contributed by atoms with E-state index in [1.165, 1.54) is 37.9 Å². The van der Waals surface area contributed by atoms with Crippen LogP contribution in [0.2, 0.25) is 0 Å². The second-order valence-electron chi connectivity index (χ2n) is 5.37. The zero-order valence-corrected chi connectivity index (χ0v) is 11.7. The Morgan fingerprint density at radius 3 is 2.78 bits per heavy atom. The minimum atomic E-state index is 0.594. The molecule has 1 aliphatic heterocycles. The van der Waals surface area contributed by atoms with Gasteiger partial charge < -0.3 is 5.32 Å². The van der Waals surface area contributed by atoms with E-state index >= 15 is 0 Å². The Kier molecular flexibility index (Phi) is 5.21. The summed E-state index contributed by atoms with van der Waals surface area (Å²) in [5, 5.41) is 3.58. The van der Waals surface area contributed by atoms with Crippen LogP contribution in [-0.4, -0.2) is 30.6 Å². The lowest BCUT2D eigenvalue weighted by atomic mass is 10.0. The third-order valence-corrected chi connectivity index (χ3v) is 3.98. The van der Waals surface area contributed by atoms with Gasteiger partial charge in [0.25, 0.3) is 0 Å². The second-order valence-corrected chi connectivity index (χ2v) is 5.37. The molecule has 0 bridgehead atoms. The average molecular weight is 246 g/mol. The van der Waals surface area contributed by atoms with E-state index in [0.29, 0.717) is 12.1 Å². The van der Waals surface area contributed by atoms with Gasteiger partial charge in [0.2, 0.25) is 0 Å². The summed E-state index contributed by atoms with van der Waals surface area (Å²) in [5.74, 6) is 0. The Balaban J connectivity index is 2.06. The SMILES string of the molecule is CCC(c1ccccc1)N1CCCNC(C)CC1. The van der Waals surface area contributed by atoms with E-state index in [1.54, 1.807) is 0 Å². The zero-order chi connectivity index (χ0) is 12.8. The van der Waals surface area contributed by atoms with Gasteiger partial charge in [-0.15, -0.1) is 0 Å². The molecule has 2 heteroatoms. The molecule has 1 aliphatic rings. The fraction of sp³-hybridized carbons (Fsp3) is 0.625. The Labute approximate surface area is 111 Å². The highest BCUT2D eigenvalue weighted by Crippen LogP contribution is 2.25. The summed E-state index contributed by atoms with van der Waals surface area (Å²) >= 11 is 0. The van der Waals surface area contributed by atoms with Crippen LogP contribution in [0.25, 0.3) is 0 Å². The summed E-state index contributed by atoms with van der Waals surface area (Å²) in [7, 11) is 0. The van der Waals surface area contributed by atoms with Crippen molar-refractivity contribution >= 4 is 0 Å². The maximum absolute atomic E-state index is 3.58. The lowest BCUT2D eigenvalue weighted by molar-refractivity contribution is 0.169. The largest absolute Gasteiger partial charge is 0.314 e. The predicted molar refractivity (Wildman–Crippen MR) is 77.7 cm³/mol. The first-order valence-electron chi connectivity index (χ1n) is 7.33. The first-order chi connectivity index (χ1) is 8.81. The molecule has 0 aromatic heterocycles. The van der Waals surface area contributed by atoms with Gasteiger partial charge in [0, 0.05) is 18.6 Å². The van der Waals surface area contributed by atoms with Crippen molar-refractivity contribution in [2.75, 3.05) is 19.6 Å². The van der Waals surface area contributed by atoms with Gasteiger partial charge in [-0.1, -0.05) is 37.3 Å². The monoisotopic (exact) mass is 246 g/mol. The number of rotatable bonds is 3. The van der Waals surface area contributed by atoms with Crippen LogP contribution in [0.15, 0.2) is 30.3 Å². The van der Waals surface area contributed by atoms with E-state index in [9.17, 15) is 0 Å². The maximum Gasteiger partial charge on any atom is 0.0345 e. The third-order valence-electron chi connectivity index (χ3n) is 3.98. The molecular formula is C16H26N2. The van der Waals surface area contributed by atoms with Crippen molar-refractivity contribution in [3.63, 3.8) is 0 Å². The Hall–Kier alpha value is -0.860. The topological polar surface area (TPSA) is 15.3 Å². The molecule has 18 heavy (non-hydrogen) atoms. The summed E-state index contributed by atoms with van der Waals surface area (Å²) in [6.07, 6.45) is 3.71. The number of nitrogens with one attached hydrogen (secondary N) is 1. The van der Waals surface area contributed by atoms with Gasteiger partial charge in [0.1, 0.15) is 0 Å². The molecule has 0 radical (unpaired) electrons. The zero-order valence-electron chi connectivity index (χ0n) is 11.7. The number of hydrogen-bond donors (Lipinski definition) is 1. The van der Waals surface area contributed by atoms with Crippen molar-refractivity contribution in [1.82, 2.24) is 10.2 Å². The van der Waals surface area contributed by atoms with E-state index in [0.717, 1.165) is 6.54 Å². The number of nitrogens with zero attached hydrogens (tertiary/aromatic N) is 1. The minimum absolute atomic E-state index is 0.594. The van der Waals surface area contributed by atoms with Crippen LogP contribution in [0.1, 0.15) is 44.7 Å². The van der Waals surface area contributed by atoms with Gasteiger partial charge in [-0.05, 0) is 44.8 Å². The van der Waals surface area contributed by atoms with Crippen molar-refractivity contribution in [3.05, 3.63) is 35.9 Å². The van der Waals surface area contributed by atoms with Crippen molar-refractivity contribution in [1.29, 1.82) is 0 Å². The Morgan fingerprint density at radius 1 is 1.28 bits per heavy atom. The van der Waals surface area contributed by atoms with Crippen molar-refractivity contribution in [2.45, 2.75) is 45.2 Å². The first kappa shape index (κ1) is 13.6. The van der Waals surface area contributed by atoms with Gasteiger partial charge in [0.15, 0.2) is 0 Å². The molecule has 1 aromatic rings. The van der Waals surface area contributed by atoms with Crippen LogP contribution in [0.5, 0.6) is 0 Å². The molecule has 1 N–H and O–H groups in total. The molecule has 0 amide bonds. The van der Waals surface area contributed by atoms with E-state index in [-0.39, 0.29) is 0 Å². The van der Waals surface area contributed by atoms with Crippen molar-refractivity contribution in [3.8, 4) is 0 Å². The number of benzene rings is 1. The smallest absolute Gasteiger partial charge is 0.0345 e. The summed E-state index contributed by atoms with van der Waals surface area (Å²) in [6.45, 7) is 8.18. The first-order valence-corrected chi connectivity index (χ1v) is 7.33. The third kappa shape index (κ3) is 3.56. The highest BCUT2D eigenvalue weighted by Gasteiger charge is 2.20. The van der Waals surface area contributed by atoms with Gasteiger partial charge in [-0.25, -0.2) is 0 Å². The van der Waals surface area contributed by atoms with Crippen LogP contribution in [0.3, 0.4) is 0 Å². The molecule has 1 aromatic carbocycles. The summed E-state index contributed by atoms with van der Waals surface area (Å²) in [4.78, 5) is 2.67. The van der Waals surface area contributed by atoms with Crippen LogP contribution >= 0.6 is 0 Å². The van der Waals surface area contributed by atoms with Gasteiger partial charge >= 0.3 is 0 Å². The van der Waals surface area contributed by atoms with Crippen molar-refractivity contribution in [2.24, 2.45) is 0 Å². The summed E-state index contributed by atoms with van der Waals surface area (Å²) in [6, 6.07) is 12.2. The molecule has 2 unspecified atom stereocenters. The molecule has 1 saturated heterocycles. The molecule has 1 fully saturated rings. The van der Waals surface area contributed by atoms with E-state index in [4.69, 9.17) is 0 Å². The molecule has 2 atom stereocenters. The Morgan fingerprint density at radius 2 is 2.06 bits per heavy atom. The van der Waals surface area contributed by atoms with Gasteiger partial charge in [-0.3, -0.25) is 4.90 Å². The maximum atomic E-state index is 3.58. The molecule has 2 nitrogen and oxygen atoms in total. The Bertz CT molecular complexity index is 336. The summed E-state index contributed by atoms with van der Waals surface area (Å²) in [5.41, 5.74) is 1.47. The summed E-state index contributed by atoms with van der Waals surface area (Å²) < 4.78 is 0. The normalized spacial score (nSPS) is 24.2. The molecule has 1 heterocycles. The highest BCUT2D eigenvalue weighted by atomic mass is 15.2. The van der Waals surface area contributed by atoms with E-state index in [1.807, 2.05) is 0 Å². The minimum Gasteiger partial charge on any atom is -0.314 e. The van der Waals surface area contributed by atoms with Crippen LogP contribution in [0.4, 0.5) is 0 Å². The van der Waals surface area contributed by atoms with Gasteiger partial charge in [0.05, 0.1) is 0 Å². The quantitative estimate of drug-likeness (QED) is 0.881. The van der Waals surface area contributed by atoms with E-state index < -0.39 is 0 Å². The average Bonchev–Trinajstić information content (AvgIpc) is 2.39. The predicted octanol–water partition coefficient (Wildman–Crippen LogP) is 3.21. The molecule has 0 saturated carbocycles. The van der Waals surface area contributed by atoms with E-state index in [2.05, 4.69) is 54.4 Å². The fourth-order valence-corrected chi connectivity index (χ4v) is 2.90. The lowest BCUT2D eigenvalue weighted by Gasteiger charge is -2.34. The lowest BCUT2D eigenvalue weighted by Crippen LogP contribution is -2.40. The molecular weight excluding hydrogens is 220 g/mol. The molecule has 2 rings (SSSR count). The highest BCUT2D eigenvalue weighted by molar-refractivity contribution is 5.19. The number of hydrogen-bond acceptors (Lipinski definition) is 2. The molecule has 100 valence electrons. The van der Waals surface area contributed by atoms with Crippen LogP contribution in [-0.2, 0) is 0 Å². The molecule has 0 aliphatic carbocycles. The second kappa shape index (κ2) is 6.91. The van der Waals surface area contributed by atoms with Crippen molar-refractivity contribution < 1.29 is 0 Å².